The van der Waals surface area contributed by atoms with Gasteiger partial charge in [0.25, 0.3) is 5.91 Å². The zero-order chi connectivity index (χ0) is 13.7. The average molecular weight is 289 g/mol. The Labute approximate surface area is 121 Å². The van der Waals surface area contributed by atoms with Crippen LogP contribution in [0.5, 0.6) is 0 Å². The van der Waals surface area contributed by atoms with E-state index >= 15 is 0 Å². The van der Waals surface area contributed by atoms with E-state index in [1.807, 2.05) is 49.4 Å². The summed E-state index contributed by atoms with van der Waals surface area (Å²) in [5.74, 6) is 0.773. The third-order valence-corrected chi connectivity index (χ3v) is 4.52. The maximum atomic E-state index is 12.1. The lowest BCUT2D eigenvalue weighted by atomic mass is 10.3. The van der Waals surface area contributed by atoms with Gasteiger partial charge in [0.15, 0.2) is 0 Å². The molecule has 0 radical (unpaired) electrons. The minimum atomic E-state index is -0.0512. The first-order chi connectivity index (χ1) is 9.20. The van der Waals surface area contributed by atoms with E-state index in [4.69, 9.17) is 0 Å². The monoisotopic (exact) mass is 289 g/mol. The predicted octanol–water partition coefficient (Wildman–Crippen LogP) is 4.59. The molecule has 0 saturated carbocycles. The van der Waals surface area contributed by atoms with E-state index < -0.39 is 0 Å². The van der Waals surface area contributed by atoms with Crippen molar-refractivity contribution >= 4 is 34.7 Å². The Bertz CT molecular complexity index is 589. The van der Waals surface area contributed by atoms with Gasteiger partial charge in [-0.15, -0.1) is 29.7 Å². The fourth-order valence-corrected chi connectivity index (χ4v) is 3.09. The van der Waals surface area contributed by atoms with Crippen LogP contribution in [0.3, 0.4) is 0 Å². The molecule has 0 unspecified atom stereocenters. The van der Waals surface area contributed by atoms with Crippen LogP contribution in [-0.2, 0) is 0 Å². The van der Waals surface area contributed by atoms with Gasteiger partial charge in [-0.2, -0.15) is 0 Å². The van der Waals surface area contributed by atoms with Gasteiger partial charge in [-0.25, -0.2) is 0 Å². The topological polar surface area (TPSA) is 29.1 Å². The van der Waals surface area contributed by atoms with Crippen LogP contribution in [0.25, 0.3) is 0 Å². The molecule has 19 heavy (non-hydrogen) atoms. The van der Waals surface area contributed by atoms with Gasteiger partial charge in [-0.1, -0.05) is 18.2 Å². The molecule has 1 N–H and O–H groups in total. The first-order valence-electron chi connectivity index (χ1n) is 5.91. The number of thiophene rings is 1. The van der Waals surface area contributed by atoms with Crippen LogP contribution < -0.4 is 5.32 Å². The minimum Gasteiger partial charge on any atom is -0.320 e. The molecule has 2 rings (SSSR count). The van der Waals surface area contributed by atoms with Crippen molar-refractivity contribution in [3.63, 3.8) is 0 Å². The fraction of sp³-hybridized carbons (Fsp3) is 0.133. The standard InChI is InChI=1S/C15H15NOS2/c1-3-10-18-13-7-5-4-6-12(13)16-15(17)14-9-8-11(2)19-14/h3-9H,1,10H2,2H3,(H,16,17). The third kappa shape index (κ3) is 3.72. The first-order valence-corrected chi connectivity index (χ1v) is 7.71. The van der Waals surface area contributed by atoms with Gasteiger partial charge >= 0.3 is 0 Å². The molecular formula is C15H15NOS2. The highest BCUT2D eigenvalue weighted by Crippen LogP contribution is 2.28. The quantitative estimate of drug-likeness (QED) is 0.644. The van der Waals surface area contributed by atoms with Gasteiger partial charge in [0.05, 0.1) is 10.6 Å². The van der Waals surface area contributed by atoms with Crippen molar-refractivity contribution in [2.75, 3.05) is 11.1 Å². The Morgan fingerprint density at radius 3 is 2.84 bits per heavy atom. The number of para-hydroxylation sites is 1. The molecule has 98 valence electrons. The zero-order valence-electron chi connectivity index (χ0n) is 10.7. The van der Waals surface area contributed by atoms with E-state index in [1.54, 1.807) is 11.8 Å². The highest BCUT2D eigenvalue weighted by Gasteiger charge is 2.10. The highest BCUT2D eigenvalue weighted by molar-refractivity contribution is 7.99. The molecule has 1 heterocycles. The number of hydrogen-bond donors (Lipinski definition) is 1. The SMILES string of the molecule is C=CCSc1ccccc1NC(=O)c1ccc(C)s1. The Kier molecular flexibility index (Phi) is 4.82. The van der Waals surface area contributed by atoms with Gasteiger partial charge in [0.1, 0.15) is 0 Å². The summed E-state index contributed by atoms with van der Waals surface area (Å²) in [5.41, 5.74) is 0.852. The summed E-state index contributed by atoms with van der Waals surface area (Å²) in [7, 11) is 0. The van der Waals surface area contributed by atoms with Gasteiger partial charge in [-0.3, -0.25) is 4.79 Å². The Morgan fingerprint density at radius 1 is 1.37 bits per heavy atom. The van der Waals surface area contributed by atoms with Crippen LogP contribution in [0.2, 0.25) is 0 Å². The number of anilines is 1. The van der Waals surface area contributed by atoms with Crippen molar-refractivity contribution in [2.45, 2.75) is 11.8 Å². The van der Waals surface area contributed by atoms with E-state index in [1.165, 1.54) is 11.3 Å². The number of rotatable bonds is 5. The molecule has 0 aliphatic heterocycles. The summed E-state index contributed by atoms with van der Waals surface area (Å²) < 4.78 is 0. The molecule has 0 atom stereocenters. The molecule has 0 bridgehead atoms. The van der Waals surface area contributed by atoms with Crippen molar-refractivity contribution in [3.05, 3.63) is 58.8 Å². The number of aryl methyl sites for hydroxylation is 1. The zero-order valence-corrected chi connectivity index (χ0v) is 12.3. The van der Waals surface area contributed by atoms with Crippen molar-refractivity contribution in [2.24, 2.45) is 0 Å². The van der Waals surface area contributed by atoms with E-state index in [0.717, 1.165) is 26.1 Å². The smallest absolute Gasteiger partial charge is 0.265 e. The van der Waals surface area contributed by atoms with Crippen LogP contribution >= 0.6 is 23.1 Å². The van der Waals surface area contributed by atoms with Crippen molar-refractivity contribution in [1.82, 2.24) is 0 Å². The normalized spacial score (nSPS) is 10.2. The minimum absolute atomic E-state index is 0.0512. The highest BCUT2D eigenvalue weighted by atomic mass is 32.2. The summed E-state index contributed by atoms with van der Waals surface area (Å²) >= 11 is 3.16. The number of nitrogens with one attached hydrogen (secondary N) is 1. The molecule has 1 aromatic heterocycles. The second-order valence-electron chi connectivity index (χ2n) is 3.96. The molecule has 1 aromatic carbocycles. The number of thioether (sulfide) groups is 1. The fourth-order valence-electron chi connectivity index (χ4n) is 1.58. The van der Waals surface area contributed by atoms with Crippen molar-refractivity contribution in [1.29, 1.82) is 0 Å². The molecule has 2 aromatic rings. The number of carbonyl (C=O) groups excluding carboxylic acids is 1. The predicted molar refractivity (Wildman–Crippen MR) is 84.4 cm³/mol. The lowest BCUT2D eigenvalue weighted by Crippen LogP contribution is -2.10. The maximum absolute atomic E-state index is 12.1. The molecule has 4 heteroatoms. The summed E-state index contributed by atoms with van der Waals surface area (Å²) in [6.07, 6.45) is 1.85. The Hall–Kier alpha value is -1.52. The summed E-state index contributed by atoms with van der Waals surface area (Å²) in [6.45, 7) is 5.71. The van der Waals surface area contributed by atoms with E-state index in [9.17, 15) is 4.79 Å². The molecule has 1 amide bonds. The molecule has 0 aliphatic carbocycles. The summed E-state index contributed by atoms with van der Waals surface area (Å²) in [4.78, 5) is 15.1. The maximum Gasteiger partial charge on any atom is 0.265 e. The lowest BCUT2D eigenvalue weighted by molar-refractivity contribution is 0.103. The average Bonchev–Trinajstić information content (AvgIpc) is 2.84. The summed E-state index contributed by atoms with van der Waals surface area (Å²) in [6, 6.07) is 11.6. The van der Waals surface area contributed by atoms with Crippen molar-refractivity contribution < 1.29 is 4.79 Å². The number of hydrogen-bond acceptors (Lipinski definition) is 3. The molecule has 0 fully saturated rings. The number of carbonyl (C=O) groups is 1. The van der Waals surface area contributed by atoms with Crippen LogP contribution in [0.4, 0.5) is 5.69 Å². The Balaban J connectivity index is 2.14. The van der Waals surface area contributed by atoms with Crippen LogP contribution in [0.15, 0.2) is 53.9 Å². The van der Waals surface area contributed by atoms with E-state index in [-0.39, 0.29) is 5.91 Å². The second-order valence-corrected chi connectivity index (χ2v) is 6.31. The van der Waals surface area contributed by atoms with Crippen molar-refractivity contribution in [3.8, 4) is 0 Å². The Morgan fingerprint density at radius 2 is 2.16 bits per heavy atom. The third-order valence-electron chi connectivity index (χ3n) is 2.46. The van der Waals surface area contributed by atoms with Crippen LogP contribution in [0, 0.1) is 6.92 Å². The van der Waals surface area contributed by atoms with E-state index in [0.29, 0.717) is 0 Å². The number of amides is 1. The van der Waals surface area contributed by atoms with Gasteiger partial charge < -0.3 is 5.32 Å². The molecule has 0 aliphatic rings. The largest absolute Gasteiger partial charge is 0.320 e. The molecule has 0 spiro atoms. The summed E-state index contributed by atoms with van der Waals surface area (Å²) in [5, 5.41) is 2.97. The van der Waals surface area contributed by atoms with Gasteiger partial charge in [0.2, 0.25) is 0 Å². The number of benzene rings is 1. The van der Waals surface area contributed by atoms with E-state index in [2.05, 4.69) is 11.9 Å². The molecule has 2 nitrogen and oxygen atoms in total. The van der Waals surface area contributed by atoms with Gasteiger partial charge in [0, 0.05) is 15.5 Å². The molecule has 0 saturated heterocycles. The first kappa shape index (κ1) is 13.9. The second kappa shape index (κ2) is 6.59. The van der Waals surface area contributed by atoms with Gasteiger partial charge in [-0.05, 0) is 31.2 Å². The lowest BCUT2D eigenvalue weighted by Gasteiger charge is -2.09. The molecular weight excluding hydrogens is 274 g/mol. The van der Waals surface area contributed by atoms with Crippen LogP contribution in [0.1, 0.15) is 14.5 Å². The van der Waals surface area contributed by atoms with Crippen LogP contribution in [-0.4, -0.2) is 11.7 Å².